The molecule has 1 amide bonds. The molecule has 2 N–H and O–H groups in total. The molecular formula is C16H15N5O2S. The molecular weight excluding hydrogens is 326 g/mol. The Morgan fingerprint density at radius 2 is 2.29 bits per heavy atom. The lowest BCUT2D eigenvalue weighted by molar-refractivity contribution is -0.120. The fraction of sp³-hybridized carbons (Fsp3) is 0.188. The number of hydrogen-bond acceptors (Lipinski definition) is 6. The molecule has 0 fully saturated rings. The molecule has 0 aliphatic rings. The van der Waals surface area contributed by atoms with Crippen LogP contribution in [0.15, 0.2) is 34.4 Å². The number of aromatic amines is 1. The summed E-state index contributed by atoms with van der Waals surface area (Å²) in [6, 6.07) is 3.59. The molecule has 0 aliphatic carbocycles. The van der Waals surface area contributed by atoms with Crippen LogP contribution in [0.4, 0.5) is 0 Å². The second kappa shape index (κ2) is 6.71. The molecule has 7 nitrogen and oxygen atoms in total. The number of aromatic nitrogens is 3. The third kappa shape index (κ3) is 3.38. The highest BCUT2D eigenvalue weighted by molar-refractivity contribution is 7.18. The summed E-state index contributed by atoms with van der Waals surface area (Å²) in [5, 5.41) is 4.45. The van der Waals surface area contributed by atoms with Crippen LogP contribution in [0.2, 0.25) is 0 Å². The van der Waals surface area contributed by atoms with E-state index in [1.165, 1.54) is 17.6 Å². The van der Waals surface area contributed by atoms with E-state index in [0.717, 1.165) is 16.0 Å². The Hall–Kier alpha value is -2.87. The molecule has 3 aromatic rings. The molecule has 0 aromatic carbocycles. The Bertz CT molecular complexity index is 975. The van der Waals surface area contributed by atoms with E-state index >= 15 is 0 Å². The molecule has 8 heteroatoms. The summed E-state index contributed by atoms with van der Waals surface area (Å²) in [5.41, 5.74) is 3.89. The van der Waals surface area contributed by atoms with E-state index in [4.69, 9.17) is 0 Å². The van der Waals surface area contributed by atoms with Gasteiger partial charge in [-0.15, -0.1) is 11.3 Å². The van der Waals surface area contributed by atoms with Crippen molar-refractivity contribution in [3.63, 3.8) is 0 Å². The van der Waals surface area contributed by atoms with Crippen LogP contribution < -0.4 is 11.0 Å². The smallest absolute Gasteiger partial charge is 0.259 e. The van der Waals surface area contributed by atoms with Gasteiger partial charge in [0.15, 0.2) is 0 Å². The van der Waals surface area contributed by atoms with Crippen LogP contribution in [0.3, 0.4) is 0 Å². The van der Waals surface area contributed by atoms with Crippen molar-refractivity contribution in [3.05, 3.63) is 56.7 Å². The van der Waals surface area contributed by atoms with Crippen molar-refractivity contribution in [1.29, 1.82) is 0 Å². The summed E-state index contributed by atoms with van der Waals surface area (Å²) in [6.45, 7) is 3.84. The minimum Gasteiger partial charge on any atom is -0.309 e. The number of nitrogens with zero attached hydrogens (tertiary/aromatic N) is 3. The zero-order valence-corrected chi connectivity index (χ0v) is 14.0. The minimum atomic E-state index is -0.359. The molecule has 0 aliphatic heterocycles. The lowest BCUT2D eigenvalue weighted by Crippen LogP contribution is -2.23. The zero-order chi connectivity index (χ0) is 17.1. The summed E-state index contributed by atoms with van der Waals surface area (Å²) in [4.78, 5) is 36.7. The average Bonchev–Trinajstić information content (AvgIpc) is 2.83. The standard InChI is InChI=1S/C16H15N5O2S/c1-9-10(2)24-16-14(9)15(23)19-12(20-16)6-13(22)21-18-8-11-4-3-5-17-7-11/h3-5,7-8H,6H2,1-2H3,(H,21,22)(H,19,20,23)/b18-8+. The molecule has 0 radical (unpaired) electrons. The summed E-state index contributed by atoms with van der Waals surface area (Å²) in [6.07, 6.45) is 4.73. The Morgan fingerprint density at radius 3 is 3.04 bits per heavy atom. The molecule has 0 bridgehead atoms. The van der Waals surface area contributed by atoms with Gasteiger partial charge < -0.3 is 4.98 Å². The van der Waals surface area contributed by atoms with E-state index in [2.05, 4.69) is 25.5 Å². The molecule has 0 saturated heterocycles. The largest absolute Gasteiger partial charge is 0.309 e. The van der Waals surface area contributed by atoms with E-state index in [1.54, 1.807) is 18.5 Å². The quantitative estimate of drug-likeness (QED) is 0.557. The minimum absolute atomic E-state index is 0.0500. The maximum atomic E-state index is 12.2. The normalized spacial score (nSPS) is 11.2. The van der Waals surface area contributed by atoms with Gasteiger partial charge >= 0.3 is 0 Å². The second-order valence-electron chi connectivity index (χ2n) is 5.23. The van der Waals surface area contributed by atoms with Gasteiger partial charge in [-0.3, -0.25) is 14.6 Å². The number of thiophene rings is 1. The highest BCUT2D eigenvalue weighted by atomic mass is 32.1. The lowest BCUT2D eigenvalue weighted by Gasteiger charge is -2.00. The van der Waals surface area contributed by atoms with Crippen LogP contribution in [0.25, 0.3) is 10.2 Å². The first-order valence-corrected chi connectivity index (χ1v) is 8.07. The van der Waals surface area contributed by atoms with Crippen LogP contribution in [0, 0.1) is 13.8 Å². The lowest BCUT2D eigenvalue weighted by atomic mass is 10.2. The topological polar surface area (TPSA) is 100 Å². The third-order valence-corrected chi connectivity index (χ3v) is 4.60. The second-order valence-corrected chi connectivity index (χ2v) is 6.44. The van der Waals surface area contributed by atoms with Gasteiger partial charge in [0.1, 0.15) is 10.7 Å². The summed E-state index contributed by atoms with van der Waals surface area (Å²) in [7, 11) is 0. The van der Waals surface area contributed by atoms with Crippen molar-refractivity contribution in [2.75, 3.05) is 0 Å². The van der Waals surface area contributed by atoms with Crippen LogP contribution in [0.1, 0.15) is 21.8 Å². The predicted molar refractivity (Wildman–Crippen MR) is 93.4 cm³/mol. The van der Waals surface area contributed by atoms with Crippen LogP contribution in [-0.4, -0.2) is 27.1 Å². The fourth-order valence-electron chi connectivity index (χ4n) is 2.21. The number of pyridine rings is 1. The number of nitrogens with one attached hydrogen (secondary N) is 2. The third-order valence-electron chi connectivity index (χ3n) is 3.50. The number of carbonyl (C=O) groups is 1. The molecule has 3 aromatic heterocycles. The number of H-pyrrole nitrogens is 1. The molecule has 3 heterocycles. The first-order chi connectivity index (χ1) is 11.5. The molecule has 0 atom stereocenters. The molecule has 122 valence electrons. The summed E-state index contributed by atoms with van der Waals surface area (Å²) >= 11 is 1.45. The Morgan fingerprint density at radius 1 is 1.46 bits per heavy atom. The van der Waals surface area contributed by atoms with Gasteiger partial charge in [-0.05, 0) is 25.5 Å². The first-order valence-electron chi connectivity index (χ1n) is 7.25. The predicted octanol–water partition coefficient (Wildman–Crippen LogP) is 1.69. The molecule has 0 unspecified atom stereocenters. The Balaban J connectivity index is 1.72. The number of aryl methyl sites for hydroxylation is 2. The highest BCUT2D eigenvalue weighted by Crippen LogP contribution is 2.25. The van der Waals surface area contributed by atoms with Gasteiger partial charge in [-0.2, -0.15) is 5.10 Å². The number of rotatable bonds is 4. The molecule has 0 saturated carbocycles. The average molecular weight is 341 g/mol. The van der Waals surface area contributed by atoms with Crippen LogP contribution in [0.5, 0.6) is 0 Å². The zero-order valence-electron chi connectivity index (χ0n) is 13.2. The van der Waals surface area contributed by atoms with Gasteiger partial charge in [0.25, 0.3) is 5.56 Å². The number of hydrazone groups is 1. The monoisotopic (exact) mass is 341 g/mol. The van der Waals surface area contributed by atoms with E-state index in [1.807, 2.05) is 19.9 Å². The van der Waals surface area contributed by atoms with E-state index in [-0.39, 0.29) is 17.9 Å². The Labute approximate surface area is 141 Å². The van der Waals surface area contributed by atoms with E-state index in [9.17, 15) is 9.59 Å². The molecule has 24 heavy (non-hydrogen) atoms. The first kappa shape index (κ1) is 16.0. The summed E-state index contributed by atoms with van der Waals surface area (Å²) < 4.78 is 0. The van der Waals surface area contributed by atoms with Crippen molar-refractivity contribution < 1.29 is 4.79 Å². The van der Waals surface area contributed by atoms with Crippen molar-refractivity contribution in [2.24, 2.45) is 5.10 Å². The van der Waals surface area contributed by atoms with Gasteiger partial charge in [0.05, 0.1) is 18.0 Å². The van der Waals surface area contributed by atoms with Crippen molar-refractivity contribution in [2.45, 2.75) is 20.3 Å². The van der Waals surface area contributed by atoms with Crippen molar-refractivity contribution >= 4 is 33.7 Å². The highest BCUT2D eigenvalue weighted by Gasteiger charge is 2.13. The van der Waals surface area contributed by atoms with Crippen LogP contribution in [-0.2, 0) is 11.2 Å². The molecule has 3 rings (SSSR count). The number of fused-ring (bicyclic) bond motifs is 1. The fourth-order valence-corrected chi connectivity index (χ4v) is 3.25. The maximum absolute atomic E-state index is 12.2. The number of amides is 1. The number of carbonyl (C=O) groups excluding carboxylic acids is 1. The van der Waals surface area contributed by atoms with Crippen molar-refractivity contribution in [3.8, 4) is 0 Å². The van der Waals surface area contributed by atoms with Gasteiger partial charge in [0.2, 0.25) is 5.91 Å². The number of hydrogen-bond donors (Lipinski definition) is 2. The van der Waals surface area contributed by atoms with Gasteiger partial charge in [0, 0.05) is 22.8 Å². The van der Waals surface area contributed by atoms with E-state index < -0.39 is 0 Å². The van der Waals surface area contributed by atoms with Crippen molar-refractivity contribution in [1.82, 2.24) is 20.4 Å². The van der Waals surface area contributed by atoms with E-state index in [0.29, 0.717) is 16.0 Å². The summed E-state index contributed by atoms with van der Waals surface area (Å²) in [5.74, 6) is -0.0366. The SMILES string of the molecule is Cc1sc2nc(CC(=O)N/N=C/c3cccnc3)[nH]c(=O)c2c1C. The Kier molecular flexibility index (Phi) is 4.48. The molecule has 0 spiro atoms. The maximum Gasteiger partial charge on any atom is 0.259 e. The van der Waals surface area contributed by atoms with Gasteiger partial charge in [-0.1, -0.05) is 6.07 Å². The van der Waals surface area contributed by atoms with Gasteiger partial charge in [-0.25, -0.2) is 10.4 Å². The van der Waals surface area contributed by atoms with Crippen LogP contribution >= 0.6 is 11.3 Å².